The summed E-state index contributed by atoms with van der Waals surface area (Å²) >= 11 is 0. The van der Waals surface area contributed by atoms with Crippen molar-refractivity contribution in [3.63, 3.8) is 0 Å². The maximum absolute atomic E-state index is 12.7. The zero-order valence-corrected chi connectivity index (χ0v) is 17.2. The molecule has 0 bridgehead atoms. The van der Waals surface area contributed by atoms with Crippen LogP contribution in [-0.2, 0) is 13.6 Å². The zero-order valence-electron chi connectivity index (χ0n) is 17.2. The van der Waals surface area contributed by atoms with Gasteiger partial charge in [0.15, 0.2) is 0 Å². The van der Waals surface area contributed by atoms with Crippen molar-refractivity contribution in [2.24, 2.45) is 12.8 Å². The summed E-state index contributed by atoms with van der Waals surface area (Å²) in [6, 6.07) is 13.4. The number of nitrogens with two attached hydrogens (primary N) is 1. The van der Waals surface area contributed by atoms with Crippen LogP contribution in [0.1, 0.15) is 53.8 Å². The number of hydrogen-bond acceptors (Lipinski definition) is 4. The average Bonchev–Trinajstić information content (AvgIpc) is 3.08. The molecule has 1 fully saturated rings. The number of carbonyl (C=O) groups excluding carboxylic acids is 1. The molecular formula is C23H28N6O. The Morgan fingerprint density at radius 1 is 1.13 bits per heavy atom. The van der Waals surface area contributed by atoms with E-state index in [2.05, 4.69) is 10.6 Å². The Bertz CT molecular complexity index is 1060. The highest BCUT2D eigenvalue weighted by atomic mass is 16.1. The molecule has 1 saturated carbocycles. The van der Waals surface area contributed by atoms with Crippen LogP contribution in [0, 0.1) is 5.41 Å². The van der Waals surface area contributed by atoms with Crippen molar-refractivity contribution < 1.29 is 4.79 Å². The fourth-order valence-electron chi connectivity index (χ4n) is 4.01. The predicted octanol–water partition coefficient (Wildman–Crippen LogP) is 3.53. The fraction of sp³-hybridized carbons (Fsp3) is 0.348. The molecule has 0 radical (unpaired) electrons. The number of nitrogens with zero attached hydrogens (tertiary/aromatic N) is 2. The maximum atomic E-state index is 12.7. The maximum Gasteiger partial charge on any atom is 0.251 e. The number of benzene rings is 2. The van der Waals surface area contributed by atoms with Gasteiger partial charge < -0.3 is 20.9 Å². The number of aryl methyl sites for hydroxylation is 1. The van der Waals surface area contributed by atoms with Crippen LogP contribution in [0.3, 0.4) is 0 Å². The van der Waals surface area contributed by atoms with Gasteiger partial charge in [0.2, 0.25) is 0 Å². The molecule has 0 aliphatic heterocycles. The van der Waals surface area contributed by atoms with E-state index in [1.165, 1.54) is 19.3 Å². The van der Waals surface area contributed by atoms with Gasteiger partial charge in [-0.25, -0.2) is 4.98 Å². The lowest BCUT2D eigenvalue weighted by molar-refractivity contribution is 0.0928. The molecule has 1 aliphatic rings. The summed E-state index contributed by atoms with van der Waals surface area (Å²) in [5.41, 5.74) is 9.59. The van der Waals surface area contributed by atoms with Crippen LogP contribution in [0.5, 0.6) is 0 Å². The molecule has 7 nitrogen and oxygen atoms in total. The summed E-state index contributed by atoms with van der Waals surface area (Å²) < 4.78 is 2.04. The van der Waals surface area contributed by atoms with Crippen LogP contribution < -0.4 is 16.4 Å². The van der Waals surface area contributed by atoms with Crippen LogP contribution in [0.2, 0.25) is 0 Å². The van der Waals surface area contributed by atoms with Gasteiger partial charge in [0.1, 0.15) is 11.7 Å². The number of amides is 1. The molecule has 1 aliphatic carbocycles. The second-order valence-electron chi connectivity index (χ2n) is 7.94. The molecule has 0 spiro atoms. The molecule has 0 atom stereocenters. The molecule has 7 heteroatoms. The van der Waals surface area contributed by atoms with Crippen LogP contribution in [0.4, 0.5) is 5.69 Å². The number of nitrogen functional groups attached to an aromatic ring is 1. The first-order valence-corrected chi connectivity index (χ1v) is 10.5. The minimum Gasteiger partial charge on any atom is -0.384 e. The molecule has 5 N–H and O–H groups in total. The van der Waals surface area contributed by atoms with E-state index in [4.69, 9.17) is 16.1 Å². The average molecular weight is 405 g/mol. The van der Waals surface area contributed by atoms with E-state index in [0.29, 0.717) is 23.7 Å². The van der Waals surface area contributed by atoms with E-state index in [0.717, 1.165) is 35.4 Å². The van der Waals surface area contributed by atoms with E-state index in [-0.39, 0.29) is 11.7 Å². The van der Waals surface area contributed by atoms with E-state index in [1.807, 2.05) is 54.1 Å². The minimum atomic E-state index is -0.0142. The fourth-order valence-corrected chi connectivity index (χ4v) is 4.01. The molecule has 0 saturated heterocycles. The highest BCUT2D eigenvalue weighted by Gasteiger charge is 2.17. The Morgan fingerprint density at radius 2 is 1.83 bits per heavy atom. The monoisotopic (exact) mass is 404 g/mol. The minimum absolute atomic E-state index is 0.0142. The van der Waals surface area contributed by atoms with E-state index in [9.17, 15) is 4.79 Å². The number of rotatable bonds is 6. The Hall–Kier alpha value is -3.35. The molecule has 2 aromatic carbocycles. The number of amidine groups is 1. The Morgan fingerprint density at radius 3 is 2.53 bits per heavy atom. The largest absolute Gasteiger partial charge is 0.384 e. The highest BCUT2D eigenvalue weighted by molar-refractivity contribution is 5.97. The van der Waals surface area contributed by atoms with E-state index in [1.54, 1.807) is 0 Å². The van der Waals surface area contributed by atoms with Crippen LogP contribution in [-0.4, -0.2) is 27.3 Å². The number of anilines is 1. The Balaban J connectivity index is 1.46. The SMILES string of the molecule is Cn1c(CNc2ccc(C(=N)N)cc2)nc2cc(C(=O)NC3CCCCC3)ccc21. The lowest BCUT2D eigenvalue weighted by atomic mass is 9.95. The third-order valence-corrected chi connectivity index (χ3v) is 5.82. The second kappa shape index (κ2) is 8.57. The van der Waals surface area contributed by atoms with Gasteiger partial charge in [-0.15, -0.1) is 0 Å². The summed E-state index contributed by atoms with van der Waals surface area (Å²) in [6.45, 7) is 0.550. The molecule has 1 heterocycles. The quantitative estimate of drug-likeness (QED) is 0.372. The highest BCUT2D eigenvalue weighted by Crippen LogP contribution is 2.20. The topological polar surface area (TPSA) is 109 Å². The lowest BCUT2D eigenvalue weighted by Crippen LogP contribution is -2.36. The number of aromatic nitrogens is 2. The molecule has 1 amide bonds. The van der Waals surface area contributed by atoms with Crippen molar-refractivity contribution in [3.05, 3.63) is 59.4 Å². The van der Waals surface area contributed by atoms with Gasteiger partial charge in [0.05, 0.1) is 17.6 Å². The normalized spacial score (nSPS) is 14.6. The Labute approximate surface area is 176 Å². The van der Waals surface area contributed by atoms with Crippen LogP contribution in [0.15, 0.2) is 42.5 Å². The van der Waals surface area contributed by atoms with E-state index < -0.39 is 0 Å². The van der Waals surface area contributed by atoms with Gasteiger partial charge in [-0.3, -0.25) is 10.2 Å². The van der Waals surface area contributed by atoms with Crippen LogP contribution in [0.25, 0.3) is 11.0 Å². The van der Waals surface area contributed by atoms with Gasteiger partial charge in [-0.1, -0.05) is 19.3 Å². The number of carbonyl (C=O) groups is 1. The van der Waals surface area contributed by atoms with Gasteiger partial charge in [0.25, 0.3) is 5.91 Å². The molecule has 4 rings (SSSR count). The number of nitrogens with one attached hydrogen (secondary N) is 3. The number of imidazole rings is 1. The molecule has 1 aromatic heterocycles. The molecule has 30 heavy (non-hydrogen) atoms. The lowest BCUT2D eigenvalue weighted by Gasteiger charge is -2.22. The van der Waals surface area contributed by atoms with Gasteiger partial charge in [-0.2, -0.15) is 0 Å². The van der Waals surface area contributed by atoms with Gasteiger partial charge in [0, 0.05) is 29.9 Å². The molecular weight excluding hydrogens is 376 g/mol. The van der Waals surface area contributed by atoms with Crippen molar-refractivity contribution in [2.75, 3.05) is 5.32 Å². The van der Waals surface area contributed by atoms with Crippen molar-refractivity contribution in [2.45, 2.75) is 44.7 Å². The molecule has 3 aromatic rings. The van der Waals surface area contributed by atoms with Crippen molar-refractivity contribution in [3.8, 4) is 0 Å². The third kappa shape index (κ3) is 4.30. The molecule has 0 unspecified atom stereocenters. The number of hydrogen-bond donors (Lipinski definition) is 4. The summed E-state index contributed by atoms with van der Waals surface area (Å²) in [5, 5.41) is 14.0. The predicted molar refractivity (Wildman–Crippen MR) is 120 cm³/mol. The van der Waals surface area contributed by atoms with Crippen LogP contribution >= 0.6 is 0 Å². The first kappa shape index (κ1) is 19.9. The zero-order chi connectivity index (χ0) is 21.1. The van der Waals surface area contributed by atoms with Gasteiger partial charge in [-0.05, 0) is 55.3 Å². The summed E-state index contributed by atoms with van der Waals surface area (Å²) in [5.74, 6) is 0.922. The Kier molecular flexibility index (Phi) is 5.70. The van der Waals surface area contributed by atoms with Gasteiger partial charge >= 0.3 is 0 Å². The summed E-state index contributed by atoms with van der Waals surface area (Å²) in [4.78, 5) is 17.4. The van der Waals surface area contributed by atoms with Crippen molar-refractivity contribution in [1.29, 1.82) is 5.41 Å². The smallest absolute Gasteiger partial charge is 0.251 e. The summed E-state index contributed by atoms with van der Waals surface area (Å²) in [7, 11) is 1.98. The van der Waals surface area contributed by atoms with Crippen molar-refractivity contribution >= 4 is 28.5 Å². The standard InChI is InChI=1S/C23H28N6O/c1-29-20-12-9-16(23(30)27-18-5-3-2-4-6-18)13-19(20)28-21(29)14-26-17-10-7-15(8-11-17)22(24)25/h7-13,18,26H,2-6,14H2,1H3,(H3,24,25)(H,27,30). The number of fused-ring (bicyclic) bond motifs is 1. The van der Waals surface area contributed by atoms with Crippen molar-refractivity contribution in [1.82, 2.24) is 14.9 Å². The first-order chi connectivity index (χ1) is 14.5. The second-order valence-corrected chi connectivity index (χ2v) is 7.94. The van der Waals surface area contributed by atoms with E-state index >= 15 is 0 Å². The molecule has 156 valence electrons. The summed E-state index contributed by atoms with van der Waals surface area (Å²) in [6.07, 6.45) is 5.79. The third-order valence-electron chi connectivity index (χ3n) is 5.82. The first-order valence-electron chi connectivity index (χ1n) is 10.5.